The molecule has 2 fully saturated rings. The van der Waals surface area contributed by atoms with Crippen LogP contribution in [0.1, 0.15) is 47.3 Å². The first-order valence-electron chi connectivity index (χ1n) is 13.1. The third-order valence-electron chi connectivity index (χ3n) is 7.85. The number of halogens is 3. The second-order valence-electron chi connectivity index (χ2n) is 10.7. The molecule has 0 radical (unpaired) electrons. The Labute approximate surface area is 232 Å². The van der Waals surface area contributed by atoms with Crippen LogP contribution >= 0.6 is 11.3 Å². The smallest absolute Gasteiger partial charge is 0.264 e. The molecule has 40 heavy (non-hydrogen) atoms. The van der Waals surface area contributed by atoms with Gasteiger partial charge in [-0.25, -0.2) is 13.2 Å². The zero-order valence-electron chi connectivity index (χ0n) is 21.4. The SMILES string of the molecule is N#Cc1ccc(-c2cc(C(=O)N3CCC[C@@H](N)C3)sc2-c2cc3c(c(F)c2F)N(CC2(O)CCC2)NN3)cc1F. The van der Waals surface area contributed by atoms with Crippen molar-refractivity contribution in [2.75, 3.05) is 30.1 Å². The summed E-state index contributed by atoms with van der Waals surface area (Å²) in [6, 6.07) is 8.59. The van der Waals surface area contributed by atoms with Gasteiger partial charge >= 0.3 is 0 Å². The van der Waals surface area contributed by atoms with Gasteiger partial charge in [0.25, 0.3) is 5.91 Å². The van der Waals surface area contributed by atoms with E-state index in [-0.39, 0.29) is 50.7 Å². The minimum absolute atomic E-state index is 0.0531. The monoisotopic (exact) mass is 568 g/mol. The number of aliphatic hydroxyl groups is 1. The van der Waals surface area contributed by atoms with Gasteiger partial charge in [0.2, 0.25) is 0 Å². The van der Waals surface area contributed by atoms with E-state index in [1.807, 2.05) is 0 Å². The molecule has 3 heterocycles. The fourth-order valence-electron chi connectivity index (χ4n) is 5.51. The molecule has 208 valence electrons. The first-order valence-corrected chi connectivity index (χ1v) is 13.9. The van der Waals surface area contributed by atoms with Crippen molar-refractivity contribution in [3.63, 3.8) is 0 Å². The van der Waals surface area contributed by atoms with Crippen LogP contribution in [0.25, 0.3) is 21.6 Å². The van der Waals surface area contributed by atoms with Crippen LogP contribution in [0.3, 0.4) is 0 Å². The van der Waals surface area contributed by atoms with Gasteiger partial charge in [-0.2, -0.15) is 5.26 Å². The highest BCUT2D eigenvalue weighted by molar-refractivity contribution is 7.18. The number of hydrazine groups is 2. The predicted octanol–water partition coefficient (Wildman–Crippen LogP) is 4.50. The molecule has 1 saturated heterocycles. The Morgan fingerprint density at radius 1 is 1.18 bits per heavy atom. The molecule has 8 nitrogen and oxygen atoms in total. The number of hydrogen-bond acceptors (Lipinski definition) is 8. The third kappa shape index (κ3) is 4.58. The minimum Gasteiger partial charge on any atom is -0.388 e. The fourth-order valence-corrected chi connectivity index (χ4v) is 6.67. The molecule has 0 spiro atoms. The number of thiophene rings is 1. The van der Waals surface area contributed by atoms with Crippen molar-refractivity contribution in [3.8, 4) is 27.6 Å². The third-order valence-corrected chi connectivity index (χ3v) is 9.00. The molecule has 1 amide bonds. The van der Waals surface area contributed by atoms with E-state index >= 15 is 8.78 Å². The zero-order valence-corrected chi connectivity index (χ0v) is 22.3. The average molecular weight is 569 g/mol. The Balaban J connectivity index is 1.44. The molecule has 0 bridgehead atoms. The van der Waals surface area contributed by atoms with Gasteiger partial charge in [-0.15, -0.1) is 16.9 Å². The summed E-state index contributed by atoms with van der Waals surface area (Å²) in [5, 5.41) is 21.1. The van der Waals surface area contributed by atoms with Crippen LogP contribution in [0, 0.1) is 28.8 Å². The summed E-state index contributed by atoms with van der Waals surface area (Å²) in [6.45, 7) is 0.987. The number of β-amino-alcohol motifs (C(OH)–C–C–N with tert-alkyl or cyclic N) is 1. The Bertz CT molecular complexity index is 1550. The molecule has 0 unspecified atom stereocenters. The maximum atomic E-state index is 15.8. The number of piperidine rings is 1. The van der Waals surface area contributed by atoms with Gasteiger partial charge in [0.1, 0.15) is 17.6 Å². The molecular formula is C28H27F3N6O2S. The Kier molecular flexibility index (Phi) is 6.70. The van der Waals surface area contributed by atoms with E-state index in [9.17, 15) is 14.3 Å². The predicted molar refractivity (Wildman–Crippen MR) is 146 cm³/mol. The molecule has 12 heteroatoms. The average Bonchev–Trinajstić information content (AvgIpc) is 3.54. The highest BCUT2D eigenvalue weighted by Gasteiger charge is 2.40. The number of benzene rings is 2. The summed E-state index contributed by atoms with van der Waals surface area (Å²) < 4.78 is 46.1. The number of nitriles is 1. The Morgan fingerprint density at radius 3 is 2.65 bits per heavy atom. The minimum atomic E-state index is -1.13. The van der Waals surface area contributed by atoms with E-state index < -0.39 is 23.1 Å². The lowest BCUT2D eigenvalue weighted by molar-refractivity contribution is -0.0267. The maximum absolute atomic E-state index is 15.8. The number of fused-ring (bicyclic) bond motifs is 1. The van der Waals surface area contributed by atoms with Crippen LogP contribution in [0.5, 0.6) is 0 Å². The number of carbonyl (C=O) groups is 1. The van der Waals surface area contributed by atoms with Gasteiger partial charge in [0.05, 0.1) is 28.3 Å². The first kappa shape index (κ1) is 26.6. The molecule has 1 aliphatic carbocycles. The molecule has 5 N–H and O–H groups in total. The van der Waals surface area contributed by atoms with Crippen LogP contribution in [0.4, 0.5) is 24.5 Å². The highest BCUT2D eigenvalue weighted by atomic mass is 32.1. The van der Waals surface area contributed by atoms with E-state index in [2.05, 4.69) is 11.0 Å². The summed E-state index contributed by atoms with van der Waals surface area (Å²) in [5.74, 6) is -3.30. The summed E-state index contributed by atoms with van der Waals surface area (Å²) in [6.07, 6.45) is 3.57. The van der Waals surface area contributed by atoms with E-state index in [4.69, 9.17) is 11.0 Å². The highest BCUT2D eigenvalue weighted by Crippen LogP contribution is 2.46. The summed E-state index contributed by atoms with van der Waals surface area (Å²) in [4.78, 5) is 15.6. The van der Waals surface area contributed by atoms with Crippen LogP contribution < -0.4 is 21.7 Å². The molecule has 3 aliphatic rings. The number of likely N-dealkylation sites (tertiary alicyclic amines) is 1. The van der Waals surface area contributed by atoms with Crippen molar-refractivity contribution in [1.29, 1.82) is 5.26 Å². The molecule has 6 rings (SSSR count). The largest absolute Gasteiger partial charge is 0.388 e. The lowest BCUT2D eigenvalue weighted by atomic mass is 9.80. The summed E-state index contributed by atoms with van der Waals surface area (Å²) in [7, 11) is 0. The molecule has 2 aromatic carbocycles. The molecule has 1 aromatic heterocycles. The normalized spacial score (nSPS) is 19.6. The van der Waals surface area contributed by atoms with Gasteiger partial charge in [-0.05, 0) is 61.9 Å². The van der Waals surface area contributed by atoms with Crippen molar-refractivity contribution in [2.24, 2.45) is 5.73 Å². The van der Waals surface area contributed by atoms with Crippen molar-refractivity contribution in [3.05, 3.63) is 58.2 Å². The number of anilines is 2. The van der Waals surface area contributed by atoms with Gasteiger partial charge in [0.15, 0.2) is 11.6 Å². The van der Waals surface area contributed by atoms with Gasteiger partial charge in [-0.1, -0.05) is 6.07 Å². The van der Waals surface area contributed by atoms with E-state index in [0.717, 1.165) is 36.7 Å². The molecule has 3 aromatic rings. The van der Waals surface area contributed by atoms with Crippen LogP contribution in [-0.2, 0) is 0 Å². The Morgan fingerprint density at radius 2 is 1.98 bits per heavy atom. The summed E-state index contributed by atoms with van der Waals surface area (Å²) in [5.41, 5.74) is 11.3. The molecular weight excluding hydrogens is 541 g/mol. The van der Waals surface area contributed by atoms with Crippen molar-refractivity contribution in [2.45, 2.75) is 43.7 Å². The van der Waals surface area contributed by atoms with Gasteiger partial charge in [-0.3, -0.25) is 9.80 Å². The number of amides is 1. The van der Waals surface area contributed by atoms with E-state index in [1.54, 1.807) is 17.0 Å². The van der Waals surface area contributed by atoms with Crippen molar-refractivity contribution in [1.82, 2.24) is 10.4 Å². The number of rotatable bonds is 5. The molecule has 1 saturated carbocycles. The Hall–Kier alpha value is -3.63. The topological polar surface area (TPSA) is 118 Å². The molecule has 1 atom stereocenters. The first-order chi connectivity index (χ1) is 19.2. The molecule has 2 aliphatic heterocycles. The second kappa shape index (κ2) is 10.1. The number of nitrogens with one attached hydrogen (secondary N) is 2. The number of hydrogen-bond donors (Lipinski definition) is 4. The number of carbonyl (C=O) groups excluding carboxylic acids is 1. The number of nitrogens with zero attached hydrogens (tertiary/aromatic N) is 3. The standard InChI is InChI=1S/C28H27F3N6O2S/c29-20-9-15(4-5-16(20)12-32)18-11-22(27(38)36-8-1-3-17(33)13-36)40-26(18)19-10-21-25(24(31)23(19)30)37(35-34-21)14-28(39)6-2-7-28/h4-5,9-11,17,34-35,39H,1-3,6-8,13-14,33H2/t17-/m1/s1. The van der Waals surface area contributed by atoms with Crippen LogP contribution in [0.2, 0.25) is 0 Å². The quantitative estimate of drug-likeness (QED) is 0.358. The lowest BCUT2D eigenvalue weighted by Crippen LogP contribution is -2.52. The van der Waals surface area contributed by atoms with Crippen LogP contribution in [-0.4, -0.2) is 47.2 Å². The second-order valence-corrected chi connectivity index (χ2v) is 11.7. The number of nitrogens with two attached hydrogens (primary N) is 1. The zero-order chi connectivity index (χ0) is 28.2. The van der Waals surface area contributed by atoms with Gasteiger partial charge in [0, 0.05) is 35.1 Å². The summed E-state index contributed by atoms with van der Waals surface area (Å²) >= 11 is 0.990. The lowest BCUT2D eigenvalue weighted by Gasteiger charge is -2.39. The van der Waals surface area contributed by atoms with Gasteiger partial charge < -0.3 is 21.2 Å². The fraction of sp³-hybridized carbons (Fsp3) is 0.357. The van der Waals surface area contributed by atoms with E-state index in [1.165, 1.54) is 23.2 Å². The van der Waals surface area contributed by atoms with Crippen LogP contribution in [0.15, 0.2) is 30.3 Å². The van der Waals surface area contributed by atoms with E-state index in [0.29, 0.717) is 37.1 Å². The van der Waals surface area contributed by atoms with Crippen molar-refractivity contribution < 1.29 is 23.1 Å². The van der Waals surface area contributed by atoms with Crippen molar-refractivity contribution >= 4 is 28.6 Å². The maximum Gasteiger partial charge on any atom is 0.264 e.